The van der Waals surface area contributed by atoms with Gasteiger partial charge in [-0.15, -0.1) is 10.2 Å². The molecule has 0 aromatic carbocycles. The number of nitrogens with zero attached hydrogens (tertiary/aromatic N) is 5. The van der Waals surface area contributed by atoms with Crippen LogP contribution in [0.5, 0.6) is 0 Å². The topological polar surface area (TPSA) is 154 Å². The van der Waals surface area contributed by atoms with E-state index < -0.39 is 42.0 Å². The van der Waals surface area contributed by atoms with Gasteiger partial charge in [-0.05, 0) is 10.4 Å². The Bertz CT molecular complexity index is 698. The minimum absolute atomic E-state index is 0.0219. The summed E-state index contributed by atoms with van der Waals surface area (Å²) in [4.78, 5) is 24.9. The summed E-state index contributed by atoms with van der Waals surface area (Å²) in [5.41, 5.74) is -2.74. The lowest BCUT2D eigenvalue weighted by Gasteiger charge is -2.30. The number of ether oxygens (including phenoxy) is 1. The van der Waals surface area contributed by atoms with Crippen LogP contribution in [-0.2, 0) is 4.74 Å². The molecule has 0 bridgehead atoms. The summed E-state index contributed by atoms with van der Waals surface area (Å²) in [5, 5.41) is 33.8. The van der Waals surface area contributed by atoms with Gasteiger partial charge in [-0.1, -0.05) is 0 Å². The van der Waals surface area contributed by atoms with E-state index in [0.29, 0.717) is 0 Å². The van der Waals surface area contributed by atoms with Gasteiger partial charge >= 0.3 is 5.69 Å². The van der Waals surface area contributed by atoms with Crippen molar-refractivity contribution in [2.45, 2.75) is 30.5 Å². The van der Waals surface area contributed by atoms with Gasteiger partial charge in [-0.2, -0.15) is 0 Å². The van der Waals surface area contributed by atoms with Crippen LogP contribution in [-0.4, -0.2) is 44.2 Å². The third-order valence-electron chi connectivity index (χ3n) is 3.55. The summed E-state index contributed by atoms with van der Waals surface area (Å²) in [6, 6.07) is 1.16. The van der Waals surface area contributed by atoms with Gasteiger partial charge in [0.25, 0.3) is 5.56 Å². The summed E-state index contributed by atoms with van der Waals surface area (Å²) >= 11 is 0. The molecule has 3 N–H and O–H groups in total. The van der Waals surface area contributed by atoms with E-state index in [-0.39, 0.29) is 6.42 Å². The Morgan fingerprint density at radius 2 is 2.14 bits per heavy atom. The highest BCUT2D eigenvalue weighted by molar-refractivity contribution is 5.03. The molecule has 0 spiro atoms. The van der Waals surface area contributed by atoms with Gasteiger partial charge < -0.3 is 14.9 Å². The lowest BCUT2D eigenvalue weighted by Crippen LogP contribution is -2.51. The highest BCUT2D eigenvalue weighted by Crippen LogP contribution is 2.40. The first-order valence-electron chi connectivity index (χ1n) is 6.15. The first-order chi connectivity index (χ1) is 10.1. The van der Waals surface area contributed by atoms with Crippen molar-refractivity contribution in [3.8, 4) is 0 Å². The molecule has 2 aliphatic heterocycles. The van der Waals surface area contributed by atoms with E-state index in [1.165, 1.54) is 6.20 Å². The average molecular weight is 296 g/mol. The number of aliphatic hydroxyl groups excluding tert-OH is 2. The van der Waals surface area contributed by atoms with Crippen molar-refractivity contribution < 1.29 is 14.9 Å². The van der Waals surface area contributed by atoms with Gasteiger partial charge in [0.2, 0.25) is 6.17 Å². The third kappa shape index (κ3) is 2.11. The minimum atomic E-state index is -1.52. The molecule has 1 aromatic heterocycles. The maximum Gasteiger partial charge on any atom is 0.330 e. The maximum atomic E-state index is 11.8. The Morgan fingerprint density at radius 1 is 1.43 bits per heavy atom. The van der Waals surface area contributed by atoms with E-state index >= 15 is 0 Å². The van der Waals surface area contributed by atoms with Gasteiger partial charge in [0.1, 0.15) is 6.23 Å². The zero-order chi connectivity index (χ0) is 15.0. The fraction of sp³-hybridized carbons (Fsp3) is 0.600. The van der Waals surface area contributed by atoms with E-state index in [9.17, 15) is 19.8 Å². The zero-order valence-electron chi connectivity index (χ0n) is 10.7. The molecule has 0 radical (unpaired) electrons. The lowest BCUT2D eigenvalue weighted by molar-refractivity contribution is -0.140. The van der Waals surface area contributed by atoms with Gasteiger partial charge in [0, 0.05) is 18.7 Å². The van der Waals surface area contributed by atoms with Gasteiger partial charge in [0.05, 0.1) is 12.7 Å². The van der Waals surface area contributed by atoms with Crippen LogP contribution >= 0.6 is 0 Å². The Balaban J connectivity index is 1.95. The molecule has 21 heavy (non-hydrogen) atoms. The van der Waals surface area contributed by atoms with Crippen LogP contribution in [0.25, 0.3) is 0 Å². The fourth-order valence-electron chi connectivity index (χ4n) is 2.41. The average Bonchev–Trinajstić information content (AvgIpc) is 3.07. The molecule has 2 aliphatic rings. The van der Waals surface area contributed by atoms with E-state index in [0.717, 1.165) is 10.6 Å². The van der Waals surface area contributed by atoms with Crippen molar-refractivity contribution in [1.29, 1.82) is 0 Å². The monoisotopic (exact) mass is 296 g/mol. The molecule has 0 saturated carbocycles. The van der Waals surface area contributed by atoms with Crippen molar-refractivity contribution >= 4 is 0 Å². The molecule has 112 valence electrons. The number of nitrogens with one attached hydrogen (secondary N) is 1. The van der Waals surface area contributed by atoms with Crippen molar-refractivity contribution in [3.05, 3.63) is 33.1 Å². The van der Waals surface area contributed by atoms with Crippen LogP contribution < -0.4 is 11.2 Å². The Kier molecular flexibility index (Phi) is 3.23. The fourth-order valence-corrected chi connectivity index (χ4v) is 2.41. The number of aliphatic hydroxyl groups is 2. The number of H-pyrrole nitrogens is 1. The van der Waals surface area contributed by atoms with E-state index in [1.54, 1.807) is 0 Å². The first-order valence-corrected chi connectivity index (χ1v) is 6.15. The molecular weight excluding hydrogens is 284 g/mol. The van der Waals surface area contributed by atoms with Crippen molar-refractivity contribution in [3.63, 3.8) is 0 Å². The number of aromatic nitrogens is 2. The molecule has 0 aliphatic carbocycles. The number of hydrogen-bond donors (Lipinski definition) is 3. The molecule has 3 rings (SSSR count). The molecule has 1 fully saturated rings. The van der Waals surface area contributed by atoms with Crippen LogP contribution in [0, 0.1) is 0 Å². The summed E-state index contributed by atoms with van der Waals surface area (Å²) in [5.74, 6) is 0. The minimum Gasteiger partial charge on any atom is -0.393 e. The van der Waals surface area contributed by atoms with Crippen molar-refractivity contribution in [2.24, 2.45) is 20.7 Å². The number of aromatic amines is 1. The number of rotatable bonds is 3. The second-order valence-corrected chi connectivity index (χ2v) is 4.74. The standard InChI is InChI=1S/C10H12N6O5/c17-4-10(8-12-14-15-13-8)5(18)3-7(21-10)16-2-1-6(19)11-9(16)20/h1-2,5,7-8,17-18H,3-4H2,(H,11,19,20). The van der Waals surface area contributed by atoms with Crippen LogP contribution in [0.1, 0.15) is 12.6 Å². The predicted molar refractivity (Wildman–Crippen MR) is 65.4 cm³/mol. The van der Waals surface area contributed by atoms with Crippen LogP contribution in [0.2, 0.25) is 0 Å². The molecule has 3 unspecified atom stereocenters. The molecule has 3 atom stereocenters. The molecule has 1 saturated heterocycles. The van der Waals surface area contributed by atoms with E-state index in [2.05, 4.69) is 25.7 Å². The summed E-state index contributed by atoms with van der Waals surface area (Å²) in [7, 11) is 0. The van der Waals surface area contributed by atoms with Crippen molar-refractivity contribution in [1.82, 2.24) is 9.55 Å². The second-order valence-electron chi connectivity index (χ2n) is 4.74. The number of hydrogen-bond acceptors (Lipinski definition) is 9. The summed E-state index contributed by atoms with van der Waals surface area (Å²) < 4.78 is 6.75. The van der Waals surface area contributed by atoms with Gasteiger partial charge in [0.15, 0.2) is 5.60 Å². The Morgan fingerprint density at radius 3 is 2.76 bits per heavy atom. The van der Waals surface area contributed by atoms with Gasteiger partial charge in [-0.25, -0.2) is 4.79 Å². The first kappa shape index (κ1) is 13.7. The highest BCUT2D eigenvalue weighted by Gasteiger charge is 2.55. The molecule has 11 heteroatoms. The molecule has 3 heterocycles. The Hall–Kier alpha value is -2.24. The largest absolute Gasteiger partial charge is 0.393 e. The smallest absolute Gasteiger partial charge is 0.330 e. The molecule has 11 nitrogen and oxygen atoms in total. The normalized spacial score (nSPS) is 32.1. The molecule has 0 amide bonds. The SMILES string of the molecule is O=c1ccn(C2CC(O)C(CO)(C3N=NN=N3)O2)c(=O)[nH]1. The van der Waals surface area contributed by atoms with Crippen LogP contribution in [0.4, 0.5) is 0 Å². The van der Waals surface area contributed by atoms with Crippen LogP contribution in [0.15, 0.2) is 42.5 Å². The maximum absolute atomic E-state index is 11.8. The highest BCUT2D eigenvalue weighted by atomic mass is 16.6. The molecular formula is C10H12N6O5. The summed E-state index contributed by atoms with van der Waals surface area (Å²) in [6.45, 7) is -0.578. The second kappa shape index (κ2) is 4.95. The van der Waals surface area contributed by atoms with Crippen LogP contribution in [0.3, 0.4) is 0 Å². The van der Waals surface area contributed by atoms with Gasteiger partial charge in [-0.3, -0.25) is 14.3 Å². The lowest BCUT2D eigenvalue weighted by atomic mass is 9.94. The summed E-state index contributed by atoms with van der Waals surface area (Å²) in [6.07, 6.45) is -1.71. The Labute approximate surface area is 116 Å². The third-order valence-corrected chi connectivity index (χ3v) is 3.55. The van der Waals surface area contributed by atoms with E-state index in [4.69, 9.17) is 4.74 Å². The van der Waals surface area contributed by atoms with E-state index in [1.807, 2.05) is 0 Å². The quantitative estimate of drug-likeness (QED) is 0.632. The molecule has 1 aromatic rings. The predicted octanol–water partition coefficient (Wildman–Crippen LogP) is -1.29. The van der Waals surface area contributed by atoms with Crippen molar-refractivity contribution in [2.75, 3.05) is 6.61 Å². The zero-order valence-corrected chi connectivity index (χ0v) is 10.7.